The van der Waals surface area contributed by atoms with Crippen LogP contribution in [0, 0.1) is 0 Å². The first-order valence-corrected chi connectivity index (χ1v) is 7.14. The van der Waals surface area contributed by atoms with Crippen LogP contribution >= 0.6 is 11.6 Å². The Bertz CT molecular complexity index is 481. The van der Waals surface area contributed by atoms with Crippen LogP contribution in [0.4, 0.5) is 11.4 Å². The molecule has 5 nitrogen and oxygen atoms in total. The van der Waals surface area contributed by atoms with Crippen molar-refractivity contribution >= 4 is 28.9 Å². The normalized spacial score (nSPS) is 19.8. The molecular formula is C14H20ClN3O2. The molecule has 3 N–H and O–H groups in total. The molecule has 0 saturated carbocycles. The summed E-state index contributed by atoms with van der Waals surface area (Å²) in [6.07, 6.45) is 0.965. The van der Waals surface area contributed by atoms with Crippen LogP contribution in [-0.2, 0) is 9.53 Å². The van der Waals surface area contributed by atoms with Crippen molar-refractivity contribution in [2.24, 2.45) is 0 Å². The number of ether oxygens (including phenoxy) is 1. The molecule has 1 aromatic rings. The number of nitrogens with zero attached hydrogens (tertiary/aromatic N) is 1. The van der Waals surface area contributed by atoms with Gasteiger partial charge in [0.25, 0.3) is 0 Å². The highest BCUT2D eigenvalue weighted by atomic mass is 35.5. The first-order valence-electron chi connectivity index (χ1n) is 6.76. The molecule has 2 rings (SSSR count). The molecule has 1 amide bonds. The predicted molar refractivity (Wildman–Crippen MR) is 81.0 cm³/mol. The van der Waals surface area contributed by atoms with Crippen LogP contribution in [0.5, 0.6) is 0 Å². The van der Waals surface area contributed by atoms with Gasteiger partial charge in [-0.2, -0.15) is 0 Å². The van der Waals surface area contributed by atoms with Crippen LogP contribution in [0.3, 0.4) is 0 Å². The topological polar surface area (TPSA) is 67.6 Å². The average molecular weight is 298 g/mol. The molecule has 1 aromatic carbocycles. The van der Waals surface area contributed by atoms with E-state index in [1.165, 1.54) is 0 Å². The quantitative estimate of drug-likeness (QED) is 0.834. The Morgan fingerprint density at radius 3 is 3.15 bits per heavy atom. The zero-order chi connectivity index (χ0) is 14.5. The number of hydrogen-bond donors (Lipinski definition) is 2. The van der Waals surface area contributed by atoms with E-state index in [0.29, 0.717) is 42.2 Å². The smallest absolute Gasteiger partial charge is 0.238 e. The first-order chi connectivity index (χ1) is 9.60. The molecule has 1 aliphatic rings. The molecule has 0 aliphatic carbocycles. The molecule has 0 radical (unpaired) electrons. The number of hydrogen-bond acceptors (Lipinski definition) is 4. The fourth-order valence-corrected chi connectivity index (χ4v) is 2.45. The van der Waals surface area contributed by atoms with Crippen molar-refractivity contribution in [3.8, 4) is 0 Å². The maximum atomic E-state index is 12.1. The molecule has 20 heavy (non-hydrogen) atoms. The van der Waals surface area contributed by atoms with E-state index in [-0.39, 0.29) is 5.91 Å². The van der Waals surface area contributed by atoms with E-state index in [9.17, 15) is 4.79 Å². The number of carbonyl (C=O) groups is 1. The zero-order valence-corrected chi connectivity index (χ0v) is 12.3. The highest BCUT2D eigenvalue weighted by molar-refractivity contribution is 6.33. The number of nitrogens with two attached hydrogens (primary N) is 1. The number of benzene rings is 1. The molecule has 0 aromatic heterocycles. The van der Waals surface area contributed by atoms with Crippen molar-refractivity contribution < 1.29 is 9.53 Å². The third-order valence-electron chi connectivity index (χ3n) is 3.43. The lowest BCUT2D eigenvalue weighted by molar-refractivity contribution is -0.119. The minimum absolute atomic E-state index is 0.0853. The van der Waals surface area contributed by atoms with Crippen molar-refractivity contribution in [1.82, 2.24) is 4.90 Å². The van der Waals surface area contributed by atoms with Crippen molar-refractivity contribution in [2.45, 2.75) is 19.4 Å². The van der Waals surface area contributed by atoms with Crippen LogP contribution in [-0.4, -0.2) is 43.2 Å². The number of amides is 1. The highest BCUT2D eigenvalue weighted by Crippen LogP contribution is 2.24. The van der Waals surface area contributed by atoms with Crippen molar-refractivity contribution in [3.63, 3.8) is 0 Å². The van der Waals surface area contributed by atoms with Gasteiger partial charge >= 0.3 is 0 Å². The van der Waals surface area contributed by atoms with Crippen LogP contribution in [0.15, 0.2) is 18.2 Å². The van der Waals surface area contributed by atoms with Crippen LogP contribution in [0.2, 0.25) is 5.02 Å². The summed E-state index contributed by atoms with van der Waals surface area (Å²) in [6, 6.07) is 5.34. The lowest BCUT2D eigenvalue weighted by Crippen LogP contribution is -2.48. The lowest BCUT2D eigenvalue weighted by Gasteiger charge is -2.34. The van der Waals surface area contributed by atoms with Crippen LogP contribution in [0.1, 0.15) is 13.3 Å². The van der Waals surface area contributed by atoms with E-state index in [1.54, 1.807) is 18.2 Å². The Morgan fingerprint density at radius 1 is 1.60 bits per heavy atom. The molecule has 1 fully saturated rings. The fraction of sp³-hybridized carbons (Fsp3) is 0.500. The van der Waals surface area contributed by atoms with Gasteiger partial charge in [0.1, 0.15) is 0 Å². The summed E-state index contributed by atoms with van der Waals surface area (Å²) in [5.74, 6) is -0.0853. The maximum Gasteiger partial charge on any atom is 0.238 e. The van der Waals surface area contributed by atoms with Gasteiger partial charge in [0.15, 0.2) is 0 Å². The van der Waals surface area contributed by atoms with E-state index in [0.717, 1.165) is 13.0 Å². The summed E-state index contributed by atoms with van der Waals surface area (Å²) in [5, 5.41) is 3.30. The van der Waals surface area contributed by atoms with Crippen LogP contribution in [0.25, 0.3) is 0 Å². The number of nitrogen functional groups attached to an aromatic ring is 1. The highest BCUT2D eigenvalue weighted by Gasteiger charge is 2.23. The van der Waals surface area contributed by atoms with Crippen molar-refractivity contribution in [3.05, 3.63) is 23.2 Å². The Hall–Kier alpha value is -1.30. The van der Waals surface area contributed by atoms with Gasteiger partial charge < -0.3 is 15.8 Å². The summed E-state index contributed by atoms with van der Waals surface area (Å²) in [6.45, 7) is 4.56. The third-order valence-corrected chi connectivity index (χ3v) is 3.76. The summed E-state index contributed by atoms with van der Waals surface area (Å²) < 4.78 is 5.43. The standard InChI is InChI=1S/C14H20ClN3O2/c1-2-11-9-20-6-5-18(11)8-14(19)17-13-7-10(16)3-4-12(13)15/h3-4,7,11H,2,5-6,8-9,16H2,1H3,(H,17,19). The van der Waals surface area contributed by atoms with E-state index >= 15 is 0 Å². The summed E-state index contributed by atoms with van der Waals surface area (Å²) in [4.78, 5) is 14.3. The fourth-order valence-electron chi connectivity index (χ4n) is 2.29. The predicted octanol–water partition coefficient (Wildman–Crippen LogP) is 1.97. The van der Waals surface area contributed by atoms with Gasteiger partial charge in [-0.15, -0.1) is 0 Å². The molecule has 1 unspecified atom stereocenters. The zero-order valence-electron chi connectivity index (χ0n) is 11.6. The molecule has 110 valence electrons. The Morgan fingerprint density at radius 2 is 2.40 bits per heavy atom. The van der Waals surface area contributed by atoms with Gasteiger partial charge in [-0.05, 0) is 24.6 Å². The largest absolute Gasteiger partial charge is 0.399 e. The number of carbonyl (C=O) groups excluding carboxylic acids is 1. The monoisotopic (exact) mass is 297 g/mol. The first kappa shape index (κ1) is 15.1. The minimum atomic E-state index is -0.0853. The molecule has 1 atom stereocenters. The Balaban J connectivity index is 1.96. The van der Waals surface area contributed by atoms with Gasteiger partial charge in [0.2, 0.25) is 5.91 Å². The van der Waals surface area contributed by atoms with Gasteiger partial charge in [-0.25, -0.2) is 0 Å². The maximum absolute atomic E-state index is 12.1. The second-order valence-corrected chi connectivity index (χ2v) is 5.30. The molecule has 0 spiro atoms. The molecule has 6 heteroatoms. The Kier molecular flexibility index (Phi) is 5.23. The summed E-state index contributed by atoms with van der Waals surface area (Å²) in [5.41, 5.74) is 6.82. The number of rotatable bonds is 4. The second-order valence-electron chi connectivity index (χ2n) is 4.89. The number of nitrogens with one attached hydrogen (secondary N) is 1. The second kappa shape index (κ2) is 6.92. The molecule has 1 heterocycles. The summed E-state index contributed by atoms with van der Waals surface area (Å²) >= 11 is 6.04. The number of morpholine rings is 1. The van der Waals surface area contributed by atoms with E-state index in [4.69, 9.17) is 22.1 Å². The van der Waals surface area contributed by atoms with Gasteiger partial charge in [0.05, 0.1) is 30.5 Å². The average Bonchev–Trinajstić information content (AvgIpc) is 2.43. The minimum Gasteiger partial charge on any atom is -0.399 e. The van der Waals surface area contributed by atoms with E-state index in [2.05, 4.69) is 17.1 Å². The number of halogens is 1. The lowest BCUT2D eigenvalue weighted by atomic mass is 10.2. The van der Waals surface area contributed by atoms with E-state index in [1.807, 2.05) is 0 Å². The molecule has 1 saturated heterocycles. The van der Waals surface area contributed by atoms with Crippen molar-refractivity contribution in [2.75, 3.05) is 37.4 Å². The molecule has 1 aliphatic heterocycles. The van der Waals surface area contributed by atoms with Gasteiger partial charge in [-0.3, -0.25) is 9.69 Å². The van der Waals surface area contributed by atoms with E-state index < -0.39 is 0 Å². The molecule has 0 bridgehead atoms. The number of anilines is 2. The Labute approximate surface area is 124 Å². The van der Waals surface area contributed by atoms with Crippen molar-refractivity contribution in [1.29, 1.82) is 0 Å². The SMILES string of the molecule is CCC1COCCN1CC(=O)Nc1cc(N)ccc1Cl. The van der Waals surface area contributed by atoms with Gasteiger partial charge in [0, 0.05) is 18.3 Å². The van der Waals surface area contributed by atoms with Gasteiger partial charge in [-0.1, -0.05) is 18.5 Å². The third kappa shape index (κ3) is 3.85. The summed E-state index contributed by atoms with van der Waals surface area (Å²) in [7, 11) is 0. The molecular weight excluding hydrogens is 278 g/mol. The van der Waals surface area contributed by atoms with Crippen LogP contribution < -0.4 is 11.1 Å².